The summed E-state index contributed by atoms with van der Waals surface area (Å²) in [5.74, 6) is -0.165. The summed E-state index contributed by atoms with van der Waals surface area (Å²) >= 11 is 0. The van der Waals surface area contributed by atoms with Gasteiger partial charge in [0.05, 0.1) is 5.56 Å². The quantitative estimate of drug-likeness (QED) is 0.917. The monoisotopic (exact) mass is 300 g/mol. The average Bonchev–Trinajstić information content (AvgIpc) is 3.24. The van der Waals surface area contributed by atoms with Gasteiger partial charge in [-0.1, -0.05) is 12.1 Å². The molecule has 1 aromatic heterocycles. The van der Waals surface area contributed by atoms with Crippen molar-refractivity contribution in [3.8, 4) is 0 Å². The van der Waals surface area contributed by atoms with Gasteiger partial charge in [0, 0.05) is 19.5 Å². The zero-order chi connectivity index (χ0) is 15.7. The van der Waals surface area contributed by atoms with Gasteiger partial charge < -0.3 is 14.4 Å². The Kier molecular flexibility index (Phi) is 3.66. The number of hydrogen-bond donors (Lipinski definition) is 1. The Morgan fingerprint density at radius 2 is 2.00 bits per heavy atom. The minimum Gasteiger partial charge on any atom is -0.478 e. The molecule has 0 saturated heterocycles. The Hall–Kier alpha value is -2.63. The minimum atomic E-state index is -0.966. The zero-order valence-corrected chi connectivity index (χ0v) is 12.2. The molecule has 114 valence electrons. The van der Waals surface area contributed by atoms with Gasteiger partial charge in [-0.05, 0) is 30.5 Å². The maximum atomic E-state index is 12.3. The predicted molar refractivity (Wildman–Crippen MR) is 77.7 cm³/mol. The summed E-state index contributed by atoms with van der Waals surface area (Å²) in [5, 5.41) is 8.86. The number of amides is 1. The van der Waals surface area contributed by atoms with Gasteiger partial charge in [-0.15, -0.1) is 0 Å². The van der Waals surface area contributed by atoms with Crippen molar-refractivity contribution < 1.29 is 19.1 Å². The third-order valence-electron chi connectivity index (χ3n) is 3.63. The number of nitrogens with zero attached hydrogens (tertiary/aromatic N) is 2. The first-order chi connectivity index (χ1) is 10.5. The summed E-state index contributed by atoms with van der Waals surface area (Å²) < 4.78 is 5.33. The molecule has 1 N–H and O–H groups in total. The smallest absolute Gasteiger partial charge is 0.335 e. The third-order valence-corrected chi connectivity index (χ3v) is 3.63. The fraction of sp³-hybridized carbons (Fsp3) is 0.312. The predicted octanol–water partition coefficient (Wildman–Crippen LogP) is 2.52. The first-order valence-corrected chi connectivity index (χ1v) is 7.07. The molecule has 0 atom stereocenters. The molecule has 1 fully saturated rings. The summed E-state index contributed by atoms with van der Waals surface area (Å²) in [7, 11) is 1.68. The Morgan fingerprint density at radius 1 is 1.32 bits per heavy atom. The number of aromatic nitrogens is 1. The summed E-state index contributed by atoms with van der Waals surface area (Å²) in [6.07, 6.45) is 3.54. The van der Waals surface area contributed by atoms with E-state index in [1.54, 1.807) is 19.2 Å². The first kappa shape index (κ1) is 14.3. The van der Waals surface area contributed by atoms with Crippen LogP contribution in [0.3, 0.4) is 0 Å². The van der Waals surface area contributed by atoms with Crippen LogP contribution in [0, 0.1) is 0 Å². The maximum absolute atomic E-state index is 12.3. The van der Waals surface area contributed by atoms with Crippen LogP contribution in [0.4, 0.5) is 0 Å². The highest BCUT2D eigenvalue weighted by molar-refractivity contribution is 5.91. The molecular weight excluding hydrogens is 284 g/mol. The van der Waals surface area contributed by atoms with Crippen LogP contribution in [-0.4, -0.2) is 33.9 Å². The van der Waals surface area contributed by atoms with Crippen molar-refractivity contribution >= 4 is 11.9 Å². The molecular formula is C16H16N2O4. The molecule has 1 aromatic carbocycles. The van der Waals surface area contributed by atoms with Crippen LogP contribution in [0.5, 0.6) is 0 Å². The Bertz CT molecular complexity index is 701. The normalized spacial score (nSPS) is 13.9. The Labute approximate surface area is 127 Å². The molecule has 0 bridgehead atoms. The summed E-state index contributed by atoms with van der Waals surface area (Å²) in [4.78, 5) is 28.9. The summed E-state index contributed by atoms with van der Waals surface area (Å²) in [6, 6.07) is 6.45. The summed E-state index contributed by atoms with van der Waals surface area (Å²) in [5.41, 5.74) is 1.39. The molecule has 0 spiro atoms. The Morgan fingerprint density at radius 3 is 2.59 bits per heavy atom. The van der Waals surface area contributed by atoms with E-state index in [0.717, 1.165) is 18.4 Å². The lowest BCUT2D eigenvalue weighted by atomic mass is 10.1. The van der Waals surface area contributed by atoms with E-state index in [0.29, 0.717) is 24.0 Å². The molecule has 1 aliphatic rings. The van der Waals surface area contributed by atoms with Crippen LogP contribution in [0.25, 0.3) is 0 Å². The largest absolute Gasteiger partial charge is 0.478 e. The van der Waals surface area contributed by atoms with Crippen LogP contribution in [0.1, 0.15) is 51.1 Å². The van der Waals surface area contributed by atoms with Crippen LogP contribution in [0.2, 0.25) is 0 Å². The van der Waals surface area contributed by atoms with Crippen molar-refractivity contribution in [2.45, 2.75) is 25.3 Å². The molecule has 1 aliphatic carbocycles. The van der Waals surface area contributed by atoms with Gasteiger partial charge in [0.1, 0.15) is 6.26 Å². The van der Waals surface area contributed by atoms with Crippen molar-refractivity contribution in [3.63, 3.8) is 0 Å². The van der Waals surface area contributed by atoms with Crippen LogP contribution < -0.4 is 0 Å². The molecule has 6 heteroatoms. The van der Waals surface area contributed by atoms with Crippen LogP contribution in [-0.2, 0) is 6.54 Å². The number of carboxylic acid groups (broad SMARTS) is 1. The number of hydrogen-bond acceptors (Lipinski definition) is 4. The highest BCUT2D eigenvalue weighted by Gasteiger charge is 2.29. The second kappa shape index (κ2) is 5.63. The van der Waals surface area contributed by atoms with Gasteiger partial charge in [0.2, 0.25) is 0 Å². The molecule has 0 aliphatic heterocycles. The molecule has 1 saturated carbocycles. The number of carbonyl (C=O) groups is 2. The third kappa shape index (κ3) is 3.00. The lowest BCUT2D eigenvalue weighted by molar-refractivity contribution is 0.0695. The second-order valence-electron chi connectivity index (χ2n) is 5.51. The van der Waals surface area contributed by atoms with E-state index >= 15 is 0 Å². The van der Waals surface area contributed by atoms with E-state index in [9.17, 15) is 9.59 Å². The minimum absolute atomic E-state index is 0.210. The molecule has 0 unspecified atom stereocenters. The van der Waals surface area contributed by atoms with E-state index < -0.39 is 5.97 Å². The van der Waals surface area contributed by atoms with Crippen molar-refractivity contribution in [1.82, 2.24) is 9.88 Å². The molecule has 3 rings (SSSR count). The SMILES string of the molecule is CN(Cc1ccc(C(=O)O)cc1)C(=O)c1coc(C2CC2)n1. The van der Waals surface area contributed by atoms with Gasteiger partial charge in [0.15, 0.2) is 11.6 Å². The molecule has 6 nitrogen and oxygen atoms in total. The maximum Gasteiger partial charge on any atom is 0.335 e. The van der Waals surface area contributed by atoms with E-state index in [1.807, 2.05) is 0 Å². The standard InChI is InChI=1S/C16H16N2O4/c1-18(8-10-2-4-12(5-3-10)16(20)21)15(19)13-9-22-14(17-13)11-6-7-11/h2-5,9,11H,6-8H2,1H3,(H,20,21). The van der Waals surface area contributed by atoms with Gasteiger partial charge >= 0.3 is 5.97 Å². The lowest BCUT2D eigenvalue weighted by Gasteiger charge is -2.15. The van der Waals surface area contributed by atoms with Gasteiger partial charge in [-0.3, -0.25) is 4.79 Å². The molecule has 2 aromatic rings. The van der Waals surface area contributed by atoms with Gasteiger partial charge in [-0.25, -0.2) is 9.78 Å². The van der Waals surface area contributed by atoms with Crippen molar-refractivity contribution in [3.05, 3.63) is 53.2 Å². The average molecular weight is 300 g/mol. The molecule has 22 heavy (non-hydrogen) atoms. The van der Waals surface area contributed by atoms with Gasteiger partial charge in [-0.2, -0.15) is 0 Å². The van der Waals surface area contributed by atoms with E-state index in [1.165, 1.54) is 23.3 Å². The Balaban J connectivity index is 1.65. The number of benzene rings is 1. The van der Waals surface area contributed by atoms with E-state index in [4.69, 9.17) is 9.52 Å². The zero-order valence-electron chi connectivity index (χ0n) is 12.2. The molecule has 0 radical (unpaired) electrons. The van der Waals surface area contributed by atoms with Crippen molar-refractivity contribution in [1.29, 1.82) is 0 Å². The molecule has 1 amide bonds. The first-order valence-electron chi connectivity index (χ1n) is 7.07. The van der Waals surface area contributed by atoms with Crippen molar-refractivity contribution in [2.24, 2.45) is 0 Å². The fourth-order valence-corrected chi connectivity index (χ4v) is 2.20. The topological polar surface area (TPSA) is 83.6 Å². The number of carbonyl (C=O) groups excluding carboxylic acids is 1. The molecule has 1 heterocycles. The number of aromatic carboxylic acids is 1. The number of carboxylic acids is 1. The lowest BCUT2D eigenvalue weighted by Crippen LogP contribution is -2.26. The van der Waals surface area contributed by atoms with Gasteiger partial charge in [0.25, 0.3) is 5.91 Å². The van der Waals surface area contributed by atoms with Crippen LogP contribution >= 0.6 is 0 Å². The van der Waals surface area contributed by atoms with Crippen molar-refractivity contribution in [2.75, 3.05) is 7.05 Å². The van der Waals surface area contributed by atoms with E-state index in [2.05, 4.69) is 4.98 Å². The number of oxazole rings is 1. The highest BCUT2D eigenvalue weighted by atomic mass is 16.4. The highest BCUT2D eigenvalue weighted by Crippen LogP contribution is 2.39. The number of rotatable bonds is 5. The van der Waals surface area contributed by atoms with Crippen LogP contribution in [0.15, 0.2) is 34.9 Å². The summed E-state index contributed by atoms with van der Waals surface area (Å²) in [6.45, 7) is 0.379. The second-order valence-corrected chi connectivity index (χ2v) is 5.51. The fourth-order valence-electron chi connectivity index (χ4n) is 2.20. The van der Waals surface area contributed by atoms with E-state index in [-0.39, 0.29) is 11.5 Å².